The Balaban J connectivity index is 1.31. The number of nitrogens with one attached hydrogen (secondary N) is 2. The van der Waals surface area contributed by atoms with Gasteiger partial charge in [0.2, 0.25) is 6.79 Å². The van der Waals surface area contributed by atoms with Crippen LogP contribution in [0.15, 0.2) is 35.7 Å². The Kier molecular flexibility index (Phi) is 4.75. The van der Waals surface area contributed by atoms with E-state index in [0.29, 0.717) is 11.5 Å². The number of hydrogen-bond acceptors (Lipinski definition) is 6. The summed E-state index contributed by atoms with van der Waals surface area (Å²) >= 11 is 1.45. The standard InChI is InChI=1S/C19H20N2O5S/c22-17(20-9-12-3-6-14-15(8-12)26-11-25-14)18(23)21-10-19(24,13-4-5-13)16-2-1-7-27-16/h1-3,6-8,13,24H,4-5,9-11H2,(H,20,22)(H,21,23). The molecule has 2 aromatic rings. The van der Waals surface area contributed by atoms with Crippen LogP contribution in [0.3, 0.4) is 0 Å². The van der Waals surface area contributed by atoms with Crippen LogP contribution in [-0.2, 0) is 21.7 Å². The van der Waals surface area contributed by atoms with E-state index in [1.54, 1.807) is 18.2 Å². The van der Waals surface area contributed by atoms with E-state index >= 15 is 0 Å². The first-order chi connectivity index (χ1) is 13.1. The van der Waals surface area contributed by atoms with Crippen LogP contribution >= 0.6 is 11.3 Å². The van der Waals surface area contributed by atoms with Gasteiger partial charge in [0.25, 0.3) is 0 Å². The maximum atomic E-state index is 12.1. The first-order valence-electron chi connectivity index (χ1n) is 8.77. The molecule has 4 rings (SSSR count). The molecule has 1 aromatic carbocycles. The molecule has 1 aromatic heterocycles. The molecule has 0 spiro atoms. The Labute approximate surface area is 160 Å². The Bertz CT molecular complexity index is 850. The van der Waals surface area contributed by atoms with Crippen molar-refractivity contribution in [1.82, 2.24) is 10.6 Å². The molecule has 0 radical (unpaired) electrons. The van der Waals surface area contributed by atoms with Gasteiger partial charge in [-0.1, -0.05) is 12.1 Å². The van der Waals surface area contributed by atoms with Crippen LogP contribution in [0.4, 0.5) is 0 Å². The Morgan fingerprint density at radius 2 is 1.93 bits per heavy atom. The zero-order chi connectivity index (χ0) is 18.9. The SMILES string of the molecule is O=C(NCc1ccc2c(c1)OCO2)C(=O)NCC(O)(c1cccs1)C1CC1. The summed E-state index contributed by atoms with van der Waals surface area (Å²) in [7, 11) is 0. The van der Waals surface area contributed by atoms with Crippen LogP contribution < -0.4 is 20.1 Å². The van der Waals surface area contributed by atoms with Crippen molar-refractivity contribution in [3.8, 4) is 11.5 Å². The van der Waals surface area contributed by atoms with Crippen LogP contribution in [0, 0.1) is 5.92 Å². The monoisotopic (exact) mass is 388 g/mol. The van der Waals surface area contributed by atoms with Crippen molar-refractivity contribution >= 4 is 23.2 Å². The minimum absolute atomic E-state index is 0.0223. The summed E-state index contributed by atoms with van der Waals surface area (Å²) in [5.74, 6) is -0.0936. The van der Waals surface area contributed by atoms with E-state index in [1.165, 1.54) is 11.3 Å². The number of carbonyl (C=O) groups is 2. The zero-order valence-electron chi connectivity index (χ0n) is 14.6. The summed E-state index contributed by atoms with van der Waals surface area (Å²) in [5, 5.41) is 18.0. The molecule has 2 amide bonds. The Hall–Kier alpha value is -2.58. The fourth-order valence-corrected chi connectivity index (χ4v) is 4.03. The lowest BCUT2D eigenvalue weighted by molar-refractivity contribution is -0.140. The van der Waals surface area contributed by atoms with Gasteiger partial charge >= 0.3 is 11.8 Å². The van der Waals surface area contributed by atoms with Gasteiger partial charge in [0.15, 0.2) is 11.5 Å². The van der Waals surface area contributed by atoms with Crippen molar-refractivity contribution in [2.75, 3.05) is 13.3 Å². The quantitative estimate of drug-likeness (QED) is 0.652. The smallest absolute Gasteiger partial charge is 0.309 e. The normalized spacial score (nSPS) is 17.2. The lowest BCUT2D eigenvalue weighted by atomic mass is 9.95. The molecule has 3 N–H and O–H groups in total. The van der Waals surface area contributed by atoms with E-state index in [4.69, 9.17) is 9.47 Å². The lowest BCUT2D eigenvalue weighted by Gasteiger charge is -2.27. The van der Waals surface area contributed by atoms with Crippen molar-refractivity contribution in [3.05, 3.63) is 46.2 Å². The van der Waals surface area contributed by atoms with Gasteiger partial charge in [0.1, 0.15) is 5.60 Å². The predicted molar refractivity (Wildman–Crippen MR) is 98.4 cm³/mol. The largest absolute Gasteiger partial charge is 0.454 e. The second-order valence-electron chi connectivity index (χ2n) is 6.73. The molecule has 2 heterocycles. The van der Waals surface area contributed by atoms with Crippen molar-refractivity contribution in [2.24, 2.45) is 5.92 Å². The molecule has 0 bridgehead atoms. The van der Waals surface area contributed by atoms with Crippen molar-refractivity contribution in [1.29, 1.82) is 0 Å². The summed E-state index contributed by atoms with van der Waals surface area (Å²) in [5.41, 5.74) is -0.310. The Morgan fingerprint density at radius 3 is 2.67 bits per heavy atom. The van der Waals surface area contributed by atoms with E-state index in [9.17, 15) is 14.7 Å². The van der Waals surface area contributed by atoms with Gasteiger partial charge in [0, 0.05) is 11.4 Å². The lowest BCUT2D eigenvalue weighted by Crippen LogP contribution is -2.47. The average Bonchev–Trinajstić information content (AvgIpc) is 3.20. The highest BCUT2D eigenvalue weighted by atomic mass is 32.1. The number of ether oxygens (including phenoxy) is 2. The molecule has 142 valence electrons. The summed E-state index contributed by atoms with van der Waals surface area (Å²) in [6.07, 6.45) is 1.83. The number of aliphatic hydroxyl groups is 1. The summed E-state index contributed by atoms with van der Waals surface area (Å²) < 4.78 is 10.5. The summed E-state index contributed by atoms with van der Waals surface area (Å²) in [4.78, 5) is 25.0. The second kappa shape index (κ2) is 7.21. The highest BCUT2D eigenvalue weighted by Gasteiger charge is 2.46. The topological polar surface area (TPSA) is 96.9 Å². The minimum Gasteiger partial charge on any atom is -0.454 e. The minimum atomic E-state index is -1.11. The molecule has 8 heteroatoms. The molecule has 1 aliphatic carbocycles. The third kappa shape index (κ3) is 3.77. The van der Waals surface area contributed by atoms with E-state index in [1.807, 2.05) is 17.5 Å². The number of fused-ring (bicyclic) bond motifs is 1. The molecule has 1 atom stereocenters. The van der Waals surface area contributed by atoms with E-state index in [0.717, 1.165) is 23.3 Å². The fraction of sp³-hybridized carbons (Fsp3) is 0.368. The van der Waals surface area contributed by atoms with E-state index in [2.05, 4.69) is 10.6 Å². The molecule has 1 unspecified atom stereocenters. The third-order valence-electron chi connectivity index (χ3n) is 4.82. The maximum Gasteiger partial charge on any atom is 0.309 e. The molecular weight excluding hydrogens is 368 g/mol. The van der Waals surface area contributed by atoms with Crippen LogP contribution in [0.5, 0.6) is 11.5 Å². The van der Waals surface area contributed by atoms with Gasteiger partial charge in [0.05, 0.1) is 6.54 Å². The van der Waals surface area contributed by atoms with Crippen molar-refractivity contribution in [2.45, 2.75) is 25.0 Å². The van der Waals surface area contributed by atoms with Crippen LogP contribution in [0.2, 0.25) is 0 Å². The van der Waals surface area contributed by atoms with Gasteiger partial charge in [-0.05, 0) is 47.9 Å². The van der Waals surface area contributed by atoms with Gasteiger partial charge in [-0.3, -0.25) is 9.59 Å². The molecule has 2 aliphatic rings. The van der Waals surface area contributed by atoms with Gasteiger partial charge < -0.3 is 25.2 Å². The number of amides is 2. The van der Waals surface area contributed by atoms with E-state index in [-0.39, 0.29) is 25.8 Å². The highest BCUT2D eigenvalue weighted by Crippen LogP contribution is 2.46. The van der Waals surface area contributed by atoms with Gasteiger partial charge in [-0.25, -0.2) is 0 Å². The molecule has 1 saturated carbocycles. The Morgan fingerprint density at radius 1 is 1.15 bits per heavy atom. The van der Waals surface area contributed by atoms with Crippen LogP contribution in [-0.4, -0.2) is 30.3 Å². The van der Waals surface area contributed by atoms with Crippen LogP contribution in [0.1, 0.15) is 23.3 Å². The first-order valence-corrected chi connectivity index (χ1v) is 9.65. The molecule has 0 saturated heterocycles. The highest BCUT2D eigenvalue weighted by molar-refractivity contribution is 7.10. The van der Waals surface area contributed by atoms with Crippen molar-refractivity contribution in [3.63, 3.8) is 0 Å². The summed E-state index contributed by atoms with van der Waals surface area (Å²) in [6, 6.07) is 9.06. The molecule has 7 nitrogen and oxygen atoms in total. The molecule has 27 heavy (non-hydrogen) atoms. The number of benzene rings is 1. The summed E-state index contributed by atoms with van der Waals surface area (Å²) in [6.45, 7) is 0.400. The van der Waals surface area contributed by atoms with Gasteiger partial charge in [-0.2, -0.15) is 0 Å². The average molecular weight is 388 g/mol. The maximum absolute atomic E-state index is 12.1. The predicted octanol–water partition coefficient (Wildman–Crippen LogP) is 1.51. The second-order valence-corrected chi connectivity index (χ2v) is 7.68. The first kappa shape index (κ1) is 17.8. The fourth-order valence-electron chi connectivity index (χ4n) is 3.13. The van der Waals surface area contributed by atoms with Crippen LogP contribution in [0.25, 0.3) is 0 Å². The molecular formula is C19H20N2O5S. The zero-order valence-corrected chi connectivity index (χ0v) is 15.4. The number of carbonyl (C=O) groups excluding carboxylic acids is 2. The number of rotatable bonds is 6. The molecule has 1 aliphatic heterocycles. The number of thiophene rings is 1. The van der Waals surface area contributed by atoms with E-state index < -0.39 is 17.4 Å². The number of hydrogen-bond donors (Lipinski definition) is 3. The third-order valence-corrected chi connectivity index (χ3v) is 5.85. The molecule has 1 fully saturated rings. The van der Waals surface area contributed by atoms with Gasteiger partial charge in [-0.15, -0.1) is 11.3 Å². The van der Waals surface area contributed by atoms with Crippen molar-refractivity contribution < 1.29 is 24.2 Å².